The molecule has 0 aromatic rings. The molecular weight excluding hydrogens is 249 g/mol. The van der Waals surface area contributed by atoms with Gasteiger partial charge in [-0.15, -0.1) is 0 Å². The van der Waals surface area contributed by atoms with Crippen molar-refractivity contribution in [3.63, 3.8) is 0 Å². The molecule has 1 aliphatic carbocycles. The van der Waals surface area contributed by atoms with E-state index in [4.69, 9.17) is 0 Å². The van der Waals surface area contributed by atoms with Gasteiger partial charge in [-0.2, -0.15) is 13.2 Å². The van der Waals surface area contributed by atoms with E-state index >= 15 is 0 Å². The molecule has 0 aromatic heterocycles. The Morgan fingerprint density at radius 1 is 1.00 bits per heavy atom. The quantitative estimate of drug-likeness (QED) is 0.755. The largest absolute Gasteiger partial charge is 0.471 e. The molecule has 2 N–H and O–H groups in total. The van der Waals surface area contributed by atoms with Gasteiger partial charge in [0.05, 0.1) is 0 Å². The van der Waals surface area contributed by atoms with E-state index in [-0.39, 0.29) is 24.9 Å². The van der Waals surface area contributed by atoms with Gasteiger partial charge in [-0.05, 0) is 12.8 Å². The number of halogens is 3. The highest BCUT2D eigenvalue weighted by Gasteiger charge is 2.38. The highest BCUT2D eigenvalue weighted by atomic mass is 19.4. The van der Waals surface area contributed by atoms with E-state index in [1.54, 1.807) is 5.32 Å². The summed E-state index contributed by atoms with van der Waals surface area (Å²) in [6.45, 7) is -0.187. The number of nitrogens with one attached hydrogen (secondary N) is 2. The monoisotopic (exact) mass is 266 g/mol. The molecular formula is C11H17F3N2O2. The molecule has 0 spiro atoms. The van der Waals surface area contributed by atoms with Crippen LogP contribution in [-0.2, 0) is 9.59 Å². The molecule has 1 saturated carbocycles. The molecule has 0 saturated heterocycles. The number of alkyl halides is 3. The van der Waals surface area contributed by atoms with Crippen molar-refractivity contribution >= 4 is 11.8 Å². The van der Waals surface area contributed by atoms with E-state index < -0.39 is 12.1 Å². The van der Waals surface area contributed by atoms with Crippen LogP contribution in [0, 0.1) is 5.92 Å². The minimum atomic E-state index is -4.87. The molecule has 1 fully saturated rings. The first-order valence-corrected chi connectivity index (χ1v) is 6.04. The molecule has 0 atom stereocenters. The summed E-state index contributed by atoms with van der Waals surface area (Å²) in [5.74, 6) is -2.14. The fraction of sp³-hybridized carbons (Fsp3) is 0.818. The number of hydrogen-bond donors (Lipinski definition) is 2. The van der Waals surface area contributed by atoms with Crippen molar-refractivity contribution in [1.29, 1.82) is 0 Å². The van der Waals surface area contributed by atoms with Crippen molar-refractivity contribution in [1.82, 2.24) is 10.6 Å². The Hall–Kier alpha value is -1.27. The summed E-state index contributed by atoms with van der Waals surface area (Å²) < 4.78 is 35.5. The first-order valence-electron chi connectivity index (χ1n) is 6.04. The van der Waals surface area contributed by atoms with Crippen LogP contribution in [0.25, 0.3) is 0 Å². The Morgan fingerprint density at radius 2 is 1.56 bits per heavy atom. The van der Waals surface area contributed by atoms with Crippen LogP contribution >= 0.6 is 0 Å². The van der Waals surface area contributed by atoms with Gasteiger partial charge in [0.15, 0.2) is 0 Å². The Kier molecular flexibility index (Phi) is 5.43. The second kappa shape index (κ2) is 6.61. The number of amides is 2. The second-order valence-corrected chi connectivity index (χ2v) is 4.38. The second-order valence-electron chi connectivity index (χ2n) is 4.38. The van der Waals surface area contributed by atoms with Crippen LogP contribution in [0.4, 0.5) is 13.2 Å². The summed E-state index contributed by atoms with van der Waals surface area (Å²) in [6, 6.07) is 0. The molecule has 0 heterocycles. The van der Waals surface area contributed by atoms with Crippen molar-refractivity contribution < 1.29 is 22.8 Å². The van der Waals surface area contributed by atoms with Gasteiger partial charge in [0.2, 0.25) is 5.91 Å². The maximum absolute atomic E-state index is 11.8. The van der Waals surface area contributed by atoms with E-state index in [0.29, 0.717) is 0 Å². The Bertz CT molecular complexity index is 299. The number of rotatable bonds is 4. The van der Waals surface area contributed by atoms with E-state index in [0.717, 1.165) is 32.1 Å². The summed E-state index contributed by atoms with van der Waals surface area (Å²) >= 11 is 0. The van der Waals surface area contributed by atoms with Crippen LogP contribution in [0.15, 0.2) is 0 Å². The fourth-order valence-corrected chi connectivity index (χ4v) is 1.97. The third-order valence-corrected chi connectivity index (χ3v) is 2.94. The molecule has 1 aliphatic rings. The van der Waals surface area contributed by atoms with E-state index in [1.165, 1.54) is 0 Å². The molecule has 0 aliphatic heterocycles. The maximum Gasteiger partial charge on any atom is 0.471 e. The minimum Gasteiger partial charge on any atom is -0.354 e. The molecule has 0 aromatic carbocycles. The van der Waals surface area contributed by atoms with Crippen molar-refractivity contribution in [3.8, 4) is 0 Å². The zero-order valence-corrected chi connectivity index (χ0v) is 9.98. The smallest absolute Gasteiger partial charge is 0.354 e. The van der Waals surface area contributed by atoms with Gasteiger partial charge >= 0.3 is 12.1 Å². The van der Waals surface area contributed by atoms with Gasteiger partial charge in [0.25, 0.3) is 0 Å². The summed E-state index contributed by atoms with van der Waals surface area (Å²) in [5.41, 5.74) is 0. The highest BCUT2D eigenvalue weighted by molar-refractivity contribution is 5.82. The van der Waals surface area contributed by atoms with Gasteiger partial charge in [-0.25, -0.2) is 0 Å². The zero-order chi connectivity index (χ0) is 13.6. The minimum absolute atomic E-state index is 0.0250. The molecule has 18 heavy (non-hydrogen) atoms. The Balaban J connectivity index is 2.14. The summed E-state index contributed by atoms with van der Waals surface area (Å²) in [4.78, 5) is 22.1. The summed E-state index contributed by atoms with van der Waals surface area (Å²) in [5, 5.41) is 4.24. The molecule has 104 valence electrons. The van der Waals surface area contributed by atoms with Crippen molar-refractivity contribution in [2.75, 3.05) is 13.1 Å². The molecule has 2 amide bonds. The molecule has 0 bridgehead atoms. The first kappa shape index (κ1) is 14.8. The molecule has 4 nitrogen and oxygen atoms in total. The normalized spacial score (nSPS) is 17.3. The topological polar surface area (TPSA) is 58.2 Å². The summed E-state index contributed by atoms with van der Waals surface area (Å²) in [6.07, 6.45) is -0.0356. The lowest BCUT2D eigenvalue weighted by molar-refractivity contribution is -0.173. The van der Waals surface area contributed by atoms with Crippen LogP contribution in [0.3, 0.4) is 0 Å². The predicted molar refractivity (Wildman–Crippen MR) is 58.6 cm³/mol. The average molecular weight is 266 g/mol. The van der Waals surface area contributed by atoms with Crippen molar-refractivity contribution in [3.05, 3.63) is 0 Å². The van der Waals surface area contributed by atoms with Crippen LogP contribution in [0.1, 0.15) is 32.1 Å². The lowest BCUT2D eigenvalue weighted by atomic mass is 9.89. The predicted octanol–water partition coefficient (Wildman–Crippen LogP) is 1.36. The van der Waals surface area contributed by atoms with E-state index in [9.17, 15) is 22.8 Å². The maximum atomic E-state index is 11.8. The van der Waals surface area contributed by atoms with Crippen molar-refractivity contribution in [2.24, 2.45) is 5.92 Å². The van der Waals surface area contributed by atoms with Crippen LogP contribution in [-0.4, -0.2) is 31.1 Å². The highest BCUT2D eigenvalue weighted by Crippen LogP contribution is 2.23. The van der Waals surface area contributed by atoms with Crippen LogP contribution in [0.2, 0.25) is 0 Å². The number of hydrogen-bond acceptors (Lipinski definition) is 2. The van der Waals surface area contributed by atoms with Crippen LogP contribution < -0.4 is 10.6 Å². The summed E-state index contributed by atoms with van der Waals surface area (Å²) in [7, 11) is 0. The average Bonchev–Trinajstić information content (AvgIpc) is 2.34. The van der Waals surface area contributed by atoms with E-state index in [1.807, 2.05) is 0 Å². The van der Waals surface area contributed by atoms with Gasteiger partial charge in [0.1, 0.15) is 0 Å². The van der Waals surface area contributed by atoms with Gasteiger partial charge in [0, 0.05) is 19.0 Å². The standard InChI is InChI=1S/C11H17F3N2O2/c12-11(13,14)10(18)16-7-6-15-9(17)8-4-2-1-3-5-8/h8H,1-7H2,(H,15,17)(H,16,18). The third-order valence-electron chi connectivity index (χ3n) is 2.94. The lowest BCUT2D eigenvalue weighted by Crippen LogP contribution is -2.42. The Morgan fingerprint density at radius 3 is 2.11 bits per heavy atom. The van der Waals surface area contributed by atoms with Gasteiger partial charge in [-0.3, -0.25) is 9.59 Å². The molecule has 0 radical (unpaired) electrons. The zero-order valence-electron chi connectivity index (χ0n) is 9.98. The number of carbonyl (C=O) groups excluding carboxylic acids is 2. The van der Waals surface area contributed by atoms with Gasteiger partial charge < -0.3 is 10.6 Å². The molecule has 0 unspecified atom stereocenters. The number of carbonyl (C=O) groups is 2. The SMILES string of the molecule is O=C(NCCNC(=O)C(F)(F)F)C1CCCCC1. The first-order chi connectivity index (χ1) is 8.41. The molecule has 7 heteroatoms. The Labute approximate surface area is 103 Å². The third kappa shape index (κ3) is 4.93. The van der Waals surface area contributed by atoms with Crippen molar-refractivity contribution in [2.45, 2.75) is 38.3 Å². The van der Waals surface area contributed by atoms with E-state index in [2.05, 4.69) is 5.32 Å². The lowest BCUT2D eigenvalue weighted by Gasteiger charge is -2.20. The molecule has 1 rings (SSSR count). The fourth-order valence-electron chi connectivity index (χ4n) is 1.97. The van der Waals surface area contributed by atoms with Gasteiger partial charge in [-0.1, -0.05) is 19.3 Å². The van der Waals surface area contributed by atoms with Crippen LogP contribution in [0.5, 0.6) is 0 Å².